The fourth-order valence-electron chi connectivity index (χ4n) is 3.76. The number of ether oxygens (including phenoxy) is 4. The van der Waals surface area contributed by atoms with Crippen LogP contribution >= 0.6 is 0 Å². The average Bonchev–Trinajstić information content (AvgIpc) is 3.52. The third kappa shape index (κ3) is 15.0. The highest BCUT2D eigenvalue weighted by molar-refractivity contribution is 5.56. The Hall–Kier alpha value is -1.29. The van der Waals surface area contributed by atoms with E-state index in [4.69, 9.17) is 102 Å². The fourth-order valence-corrected chi connectivity index (χ4v) is 3.76. The van der Waals surface area contributed by atoms with Crippen LogP contribution in [-0.4, -0.2) is 258 Å². The smallest absolute Gasteiger partial charge is 0.184 e. The van der Waals surface area contributed by atoms with Crippen molar-refractivity contribution in [3.05, 3.63) is 0 Å². The number of hydrogen-bond acceptors (Lipinski definition) is 25. The second kappa shape index (κ2) is 24.1. The zero-order valence-electron chi connectivity index (χ0n) is 26.1. The quantitative estimate of drug-likeness (QED) is 0.112. The van der Waals surface area contributed by atoms with Crippen molar-refractivity contribution in [2.24, 2.45) is 0 Å². The summed E-state index contributed by atoms with van der Waals surface area (Å²) < 4.78 is 18.0. The summed E-state index contributed by atoms with van der Waals surface area (Å²) in [5.41, 5.74) is 0. The molecule has 4 aliphatic rings. The maximum Gasteiger partial charge on any atom is 0.184 e. The van der Waals surface area contributed by atoms with Crippen LogP contribution in [0.15, 0.2) is 0 Å². The lowest BCUT2D eigenvalue weighted by molar-refractivity contribution is -0.252. The number of aliphatic hydroxyl groups excluding tert-OH is 20. The molecule has 4 heterocycles. The fraction of sp³-hybridized carbons (Fsp3) is 0.960. The van der Waals surface area contributed by atoms with E-state index in [0.717, 1.165) is 0 Å². The highest BCUT2D eigenvalue weighted by atomic mass is 16.7. The first kappa shape index (κ1) is 48.7. The van der Waals surface area contributed by atoms with E-state index >= 15 is 0 Å². The molecular weight excluding hydrogens is 700 g/mol. The van der Waals surface area contributed by atoms with Gasteiger partial charge in [0.15, 0.2) is 31.4 Å². The summed E-state index contributed by atoms with van der Waals surface area (Å²) in [5, 5.41) is 174. The highest BCUT2D eigenvalue weighted by Gasteiger charge is 2.42. The van der Waals surface area contributed by atoms with Crippen molar-refractivity contribution in [3.63, 3.8) is 0 Å². The van der Waals surface area contributed by atoms with Crippen LogP contribution in [0.3, 0.4) is 0 Å². The number of aldehydes is 1. The maximum absolute atomic E-state index is 9.76. The second-order valence-corrected chi connectivity index (χ2v) is 10.9. The molecule has 0 aliphatic carbocycles. The van der Waals surface area contributed by atoms with Gasteiger partial charge in [-0.2, -0.15) is 0 Å². The molecule has 4 rings (SSSR count). The second-order valence-electron chi connectivity index (χ2n) is 10.9. The standard InChI is InChI=1S/5C5H10O5/c2*6-2-1-10-5(9)4(8)3(2)7;2*6-1-2-3(7)4(8)5(9)10-2;6-1-3(8)5(10)4(9)2-7/h4*2-9H,1H2;1,3-5,7-10H,2H2/t2-,3-,4-,5+;2-,3-,4-,5-;2-,3-,4-,5+;2-,3-,4-,5-;/m1111./s1. The van der Waals surface area contributed by atoms with Crippen LogP contribution in [-0.2, 0) is 23.7 Å². The average molecular weight is 751 g/mol. The van der Waals surface area contributed by atoms with E-state index < -0.39 is 137 Å². The highest BCUT2D eigenvalue weighted by Crippen LogP contribution is 2.19. The van der Waals surface area contributed by atoms with Gasteiger partial charge in [-0.1, -0.05) is 0 Å². The van der Waals surface area contributed by atoms with Gasteiger partial charge in [0.25, 0.3) is 0 Å². The van der Waals surface area contributed by atoms with Gasteiger partial charge in [0.2, 0.25) is 0 Å². The van der Waals surface area contributed by atoms with E-state index in [-0.39, 0.29) is 19.5 Å². The minimum absolute atomic E-state index is 0.0869. The number of carbonyl (C=O) groups excluding carboxylic acids is 1. The Kier molecular flexibility index (Phi) is 23.5. The summed E-state index contributed by atoms with van der Waals surface area (Å²) in [5.74, 6) is 0. The van der Waals surface area contributed by atoms with Gasteiger partial charge >= 0.3 is 0 Å². The minimum atomic E-state index is -1.64. The summed E-state index contributed by atoms with van der Waals surface area (Å²) >= 11 is 0. The van der Waals surface area contributed by atoms with Crippen LogP contribution in [0.2, 0.25) is 0 Å². The Morgan fingerprint density at radius 1 is 0.500 bits per heavy atom. The minimum Gasteiger partial charge on any atom is -0.394 e. The molecule has 25 nitrogen and oxygen atoms in total. The van der Waals surface area contributed by atoms with Crippen molar-refractivity contribution < 1.29 is 126 Å². The van der Waals surface area contributed by atoms with Crippen molar-refractivity contribution in [1.82, 2.24) is 0 Å². The van der Waals surface area contributed by atoms with Gasteiger partial charge in [-0.05, 0) is 0 Å². The van der Waals surface area contributed by atoms with Crippen molar-refractivity contribution >= 4 is 6.29 Å². The lowest BCUT2D eigenvalue weighted by Crippen LogP contribution is -2.52. The molecule has 25 heteroatoms. The lowest BCUT2D eigenvalue weighted by atomic mass is 10.1. The number of carbonyl (C=O) groups is 1. The van der Waals surface area contributed by atoms with Crippen molar-refractivity contribution in [2.45, 2.75) is 117 Å². The van der Waals surface area contributed by atoms with E-state index in [2.05, 4.69) is 18.9 Å². The Morgan fingerprint density at radius 2 is 0.820 bits per heavy atom. The Bertz CT molecular complexity index is 801. The van der Waals surface area contributed by atoms with E-state index in [1.54, 1.807) is 0 Å². The third-order valence-corrected chi connectivity index (χ3v) is 7.05. The van der Waals surface area contributed by atoms with Crippen LogP contribution in [0.5, 0.6) is 0 Å². The molecule has 4 aliphatic heterocycles. The van der Waals surface area contributed by atoms with Gasteiger partial charge in [0.1, 0.15) is 91.6 Å². The molecule has 0 radical (unpaired) electrons. The van der Waals surface area contributed by atoms with Crippen molar-refractivity contribution in [2.75, 3.05) is 33.0 Å². The molecule has 4 saturated heterocycles. The summed E-state index contributed by atoms with van der Waals surface area (Å²) in [6.07, 6.45) is -24.6. The van der Waals surface area contributed by atoms with E-state index in [1.165, 1.54) is 0 Å². The molecule has 0 aromatic rings. The van der Waals surface area contributed by atoms with Crippen LogP contribution in [0.4, 0.5) is 0 Å². The molecule has 0 saturated carbocycles. The molecule has 19 atom stereocenters. The Labute approximate surface area is 282 Å². The predicted molar refractivity (Wildman–Crippen MR) is 151 cm³/mol. The molecular formula is C25H50O25. The summed E-state index contributed by atoms with van der Waals surface area (Å²) in [7, 11) is 0. The normalized spacial score (nSPS) is 42.8. The van der Waals surface area contributed by atoms with Crippen molar-refractivity contribution in [3.8, 4) is 0 Å². The first-order valence-electron chi connectivity index (χ1n) is 14.6. The predicted octanol–water partition coefficient (Wildman–Crippen LogP) is -13.1. The zero-order valence-corrected chi connectivity index (χ0v) is 26.1. The summed E-state index contributed by atoms with van der Waals surface area (Å²) in [6.45, 7) is -1.81. The van der Waals surface area contributed by atoms with Gasteiger partial charge in [0.05, 0.1) is 33.0 Å². The van der Waals surface area contributed by atoms with Gasteiger partial charge in [-0.15, -0.1) is 0 Å². The largest absolute Gasteiger partial charge is 0.394 e. The van der Waals surface area contributed by atoms with Gasteiger partial charge < -0.3 is 126 Å². The van der Waals surface area contributed by atoms with E-state index in [0.29, 0.717) is 0 Å². The molecule has 0 spiro atoms. The first-order chi connectivity index (χ1) is 23.2. The monoisotopic (exact) mass is 750 g/mol. The van der Waals surface area contributed by atoms with Crippen LogP contribution in [0, 0.1) is 0 Å². The molecule has 0 bridgehead atoms. The molecule has 0 amide bonds. The molecule has 50 heavy (non-hydrogen) atoms. The van der Waals surface area contributed by atoms with Gasteiger partial charge in [-0.3, -0.25) is 0 Å². The van der Waals surface area contributed by atoms with Gasteiger partial charge in [0, 0.05) is 0 Å². The molecule has 3 unspecified atom stereocenters. The topological polar surface area (TPSA) is 459 Å². The molecule has 0 aromatic heterocycles. The summed E-state index contributed by atoms with van der Waals surface area (Å²) in [6, 6.07) is 0. The molecule has 300 valence electrons. The van der Waals surface area contributed by atoms with Gasteiger partial charge in [-0.25, -0.2) is 0 Å². The van der Waals surface area contributed by atoms with E-state index in [9.17, 15) is 4.79 Å². The van der Waals surface area contributed by atoms with Crippen LogP contribution in [0.1, 0.15) is 0 Å². The van der Waals surface area contributed by atoms with Crippen LogP contribution < -0.4 is 0 Å². The Balaban J connectivity index is 0.000000600. The third-order valence-electron chi connectivity index (χ3n) is 7.05. The maximum atomic E-state index is 9.76. The molecule has 20 N–H and O–H groups in total. The lowest BCUT2D eigenvalue weighted by Gasteiger charge is -2.31. The number of aliphatic hydroxyl groups is 20. The zero-order chi connectivity index (χ0) is 39.0. The number of hydrogen-bond donors (Lipinski definition) is 20. The molecule has 0 aromatic carbocycles. The Morgan fingerprint density at radius 3 is 1.02 bits per heavy atom. The van der Waals surface area contributed by atoms with Crippen molar-refractivity contribution in [1.29, 1.82) is 0 Å². The van der Waals surface area contributed by atoms with E-state index in [1.807, 2.05) is 0 Å². The first-order valence-corrected chi connectivity index (χ1v) is 14.6. The SMILES string of the molecule is O=CC(O)C(O)C(O)CO.OC[C@H]1O[C@@H](O)[C@H](O)[C@@H]1O.OC[C@H]1O[C@H](O)[C@H](O)[C@@H]1O.O[C@@H]1[C@H](O)[C@H](O)CO[C@@H]1O.O[C@@H]1[C@H](O)[C@H](O)CO[C@H]1O. The van der Waals surface area contributed by atoms with Crippen LogP contribution in [0.25, 0.3) is 0 Å². The number of rotatable bonds is 6. The summed E-state index contributed by atoms with van der Waals surface area (Å²) in [4.78, 5) is 9.76. The molecule has 4 fully saturated rings.